The van der Waals surface area contributed by atoms with Crippen molar-refractivity contribution >= 4 is 28.2 Å². The number of pyridine rings is 1. The van der Waals surface area contributed by atoms with E-state index in [0.717, 1.165) is 17.1 Å². The van der Waals surface area contributed by atoms with Crippen LogP contribution in [-0.4, -0.2) is 24.1 Å². The van der Waals surface area contributed by atoms with Crippen molar-refractivity contribution < 1.29 is 0 Å². The van der Waals surface area contributed by atoms with Gasteiger partial charge in [0.1, 0.15) is 0 Å². The van der Waals surface area contributed by atoms with E-state index >= 15 is 0 Å². The lowest BCUT2D eigenvalue weighted by Gasteiger charge is -2.36. The summed E-state index contributed by atoms with van der Waals surface area (Å²) >= 11 is 6.09. The molecule has 0 amide bonds. The highest BCUT2D eigenvalue weighted by molar-refractivity contribution is 6.31. The van der Waals surface area contributed by atoms with Crippen LogP contribution in [0.4, 0.5) is 5.69 Å². The van der Waals surface area contributed by atoms with Gasteiger partial charge in [0.15, 0.2) is 0 Å². The predicted octanol–water partition coefficient (Wildman–Crippen LogP) is 3.99. The Morgan fingerprint density at radius 2 is 2.00 bits per heavy atom. The van der Waals surface area contributed by atoms with E-state index < -0.39 is 0 Å². The molecule has 3 nitrogen and oxygen atoms in total. The number of hydrogen-bond donors (Lipinski definition) is 1. The van der Waals surface area contributed by atoms with Gasteiger partial charge in [-0.2, -0.15) is 0 Å². The molecule has 3 rings (SSSR count). The Labute approximate surface area is 131 Å². The minimum atomic E-state index is 0.601. The van der Waals surface area contributed by atoms with Crippen LogP contribution in [0, 0.1) is 0 Å². The second-order valence-corrected chi connectivity index (χ2v) is 6.20. The largest absolute Gasteiger partial charge is 0.367 e. The van der Waals surface area contributed by atoms with Gasteiger partial charge < -0.3 is 10.6 Å². The molecule has 0 spiro atoms. The second kappa shape index (κ2) is 6.63. The Morgan fingerprint density at radius 3 is 2.76 bits per heavy atom. The molecule has 1 aromatic carbocycles. The van der Waals surface area contributed by atoms with Crippen LogP contribution in [0.2, 0.25) is 5.02 Å². The average molecular weight is 304 g/mol. The van der Waals surface area contributed by atoms with Crippen LogP contribution in [0.5, 0.6) is 0 Å². The molecule has 1 saturated carbocycles. The smallest absolute Gasteiger partial charge is 0.0737 e. The van der Waals surface area contributed by atoms with Gasteiger partial charge in [-0.1, -0.05) is 30.9 Å². The molecule has 0 atom stereocenters. The highest BCUT2D eigenvalue weighted by atomic mass is 35.5. The zero-order valence-electron chi connectivity index (χ0n) is 12.3. The summed E-state index contributed by atoms with van der Waals surface area (Å²) in [7, 11) is 0. The average Bonchev–Trinajstić information content (AvgIpc) is 2.53. The van der Waals surface area contributed by atoms with E-state index in [1.807, 2.05) is 18.3 Å². The molecule has 1 aromatic heterocycles. The van der Waals surface area contributed by atoms with E-state index in [4.69, 9.17) is 17.3 Å². The zero-order valence-corrected chi connectivity index (χ0v) is 13.0. The quantitative estimate of drug-likeness (QED) is 0.928. The van der Waals surface area contributed by atoms with Crippen molar-refractivity contribution in [1.29, 1.82) is 0 Å². The fourth-order valence-electron chi connectivity index (χ4n) is 3.39. The summed E-state index contributed by atoms with van der Waals surface area (Å²) in [5, 5.41) is 1.90. The fourth-order valence-corrected chi connectivity index (χ4v) is 3.55. The molecule has 1 aliphatic carbocycles. The van der Waals surface area contributed by atoms with Crippen molar-refractivity contribution in [2.45, 2.75) is 38.1 Å². The first-order chi connectivity index (χ1) is 10.3. The number of nitrogens with two attached hydrogens (primary N) is 1. The van der Waals surface area contributed by atoms with Crippen LogP contribution >= 0.6 is 11.6 Å². The molecule has 0 aliphatic heterocycles. The van der Waals surface area contributed by atoms with Crippen LogP contribution in [0.15, 0.2) is 30.5 Å². The topological polar surface area (TPSA) is 42.1 Å². The lowest BCUT2D eigenvalue weighted by atomic mass is 9.93. The molecule has 0 radical (unpaired) electrons. The van der Waals surface area contributed by atoms with E-state index in [1.165, 1.54) is 43.2 Å². The van der Waals surface area contributed by atoms with Crippen LogP contribution in [0.25, 0.3) is 10.9 Å². The molecular formula is C17H22ClN3. The first-order valence-corrected chi connectivity index (χ1v) is 8.18. The number of anilines is 1. The number of benzene rings is 1. The summed E-state index contributed by atoms with van der Waals surface area (Å²) in [5.74, 6) is 0. The molecule has 1 fully saturated rings. The molecular weight excluding hydrogens is 282 g/mol. The molecule has 1 heterocycles. The van der Waals surface area contributed by atoms with Gasteiger partial charge in [-0.05, 0) is 37.1 Å². The standard InChI is InChI=1S/C17H22ClN3/c18-13-6-7-15-16(12-13)20-10-8-17(15)21(11-9-19)14-4-2-1-3-5-14/h6-8,10,12,14H,1-5,9,11,19H2. The van der Waals surface area contributed by atoms with Crippen LogP contribution in [-0.2, 0) is 0 Å². The Hall–Kier alpha value is -1.32. The summed E-state index contributed by atoms with van der Waals surface area (Å²) in [5.41, 5.74) is 8.06. The Balaban J connectivity index is 2.02. The van der Waals surface area contributed by atoms with Gasteiger partial charge in [-0.25, -0.2) is 0 Å². The Kier molecular flexibility index (Phi) is 4.61. The highest BCUT2D eigenvalue weighted by Gasteiger charge is 2.22. The van der Waals surface area contributed by atoms with Crippen molar-refractivity contribution in [3.05, 3.63) is 35.5 Å². The summed E-state index contributed by atoms with van der Waals surface area (Å²) in [6.45, 7) is 1.57. The van der Waals surface area contributed by atoms with Crippen LogP contribution in [0.1, 0.15) is 32.1 Å². The number of aromatic nitrogens is 1. The van der Waals surface area contributed by atoms with Gasteiger partial charge >= 0.3 is 0 Å². The first-order valence-electron chi connectivity index (χ1n) is 7.80. The summed E-state index contributed by atoms with van der Waals surface area (Å²) in [6, 6.07) is 8.66. The van der Waals surface area contributed by atoms with E-state index in [0.29, 0.717) is 12.6 Å². The minimum absolute atomic E-state index is 0.601. The summed E-state index contributed by atoms with van der Waals surface area (Å²) < 4.78 is 0. The van der Waals surface area contributed by atoms with Crippen molar-refractivity contribution in [3.8, 4) is 0 Å². The van der Waals surface area contributed by atoms with Crippen LogP contribution in [0.3, 0.4) is 0 Å². The molecule has 2 N–H and O–H groups in total. The molecule has 0 bridgehead atoms. The monoisotopic (exact) mass is 303 g/mol. The Bertz CT molecular complexity index is 608. The number of fused-ring (bicyclic) bond motifs is 1. The Morgan fingerprint density at radius 1 is 1.19 bits per heavy atom. The summed E-state index contributed by atoms with van der Waals surface area (Å²) in [4.78, 5) is 6.93. The van der Waals surface area contributed by atoms with E-state index in [1.54, 1.807) is 0 Å². The lowest BCUT2D eigenvalue weighted by molar-refractivity contribution is 0.416. The molecule has 2 aromatic rings. The third-order valence-corrected chi connectivity index (χ3v) is 4.61. The lowest BCUT2D eigenvalue weighted by Crippen LogP contribution is -2.40. The maximum absolute atomic E-state index is 6.09. The van der Waals surface area contributed by atoms with Crippen molar-refractivity contribution in [2.75, 3.05) is 18.0 Å². The number of rotatable bonds is 4. The van der Waals surface area contributed by atoms with Gasteiger partial charge in [0.2, 0.25) is 0 Å². The molecule has 0 unspecified atom stereocenters. The first kappa shape index (κ1) is 14.6. The van der Waals surface area contributed by atoms with Gasteiger partial charge in [0.25, 0.3) is 0 Å². The van der Waals surface area contributed by atoms with E-state index in [9.17, 15) is 0 Å². The molecule has 112 valence electrons. The molecule has 4 heteroatoms. The number of hydrogen-bond acceptors (Lipinski definition) is 3. The van der Waals surface area contributed by atoms with E-state index in [-0.39, 0.29) is 0 Å². The SMILES string of the molecule is NCCN(c1ccnc2cc(Cl)ccc12)C1CCCCC1. The minimum Gasteiger partial charge on any atom is -0.367 e. The van der Waals surface area contributed by atoms with Crippen molar-refractivity contribution in [3.63, 3.8) is 0 Å². The highest BCUT2D eigenvalue weighted by Crippen LogP contribution is 2.32. The second-order valence-electron chi connectivity index (χ2n) is 5.77. The number of halogens is 1. The molecule has 21 heavy (non-hydrogen) atoms. The van der Waals surface area contributed by atoms with E-state index in [2.05, 4.69) is 22.0 Å². The zero-order chi connectivity index (χ0) is 14.7. The normalized spacial score (nSPS) is 16.3. The molecule has 0 saturated heterocycles. The van der Waals surface area contributed by atoms with Crippen LogP contribution < -0.4 is 10.6 Å². The van der Waals surface area contributed by atoms with Crippen molar-refractivity contribution in [1.82, 2.24) is 4.98 Å². The van der Waals surface area contributed by atoms with Crippen molar-refractivity contribution in [2.24, 2.45) is 5.73 Å². The fraction of sp³-hybridized carbons (Fsp3) is 0.471. The van der Waals surface area contributed by atoms with Gasteiger partial charge in [-0.3, -0.25) is 4.98 Å². The van der Waals surface area contributed by atoms with Gasteiger partial charge in [-0.15, -0.1) is 0 Å². The maximum atomic E-state index is 6.09. The van der Waals surface area contributed by atoms with Gasteiger partial charge in [0.05, 0.1) is 5.52 Å². The summed E-state index contributed by atoms with van der Waals surface area (Å²) in [6.07, 6.45) is 8.40. The van der Waals surface area contributed by atoms with Gasteiger partial charge in [0, 0.05) is 41.4 Å². The molecule has 1 aliphatic rings. The third-order valence-electron chi connectivity index (χ3n) is 4.38. The maximum Gasteiger partial charge on any atom is 0.0737 e. The third kappa shape index (κ3) is 3.14. The number of nitrogens with zero attached hydrogens (tertiary/aromatic N) is 2. The predicted molar refractivity (Wildman–Crippen MR) is 90.0 cm³/mol.